The molecule has 6 aromatic carbocycles. The second kappa shape index (κ2) is 19.0. The number of hydrogen-bond donors (Lipinski definition) is 0. The van der Waals surface area contributed by atoms with Gasteiger partial charge in [-0.25, -0.2) is 0 Å². The van der Waals surface area contributed by atoms with E-state index in [4.69, 9.17) is 21.7 Å². The van der Waals surface area contributed by atoms with Crippen molar-refractivity contribution in [2.45, 2.75) is 26.2 Å². The van der Waals surface area contributed by atoms with Crippen molar-refractivity contribution in [3.05, 3.63) is 202 Å². The second-order valence-electron chi connectivity index (χ2n) is 16.7. The summed E-state index contributed by atoms with van der Waals surface area (Å²) in [4.78, 5) is 0. The second-order valence-corrected chi connectivity index (χ2v) is 25.4. The Balaban J connectivity index is 0.819. The van der Waals surface area contributed by atoms with Crippen molar-refractivity contribution in [3.63, 3.8) is 0 Å². The molecule has 0 amide bonds. The third kappa shape index (κ3) is 10.9. The van der Waals surface area contributed by atoms with E-state index < -0.39 is 16.1 Å². The summed E-state index contributed by atoms with van der Waals surface area (Å²) in [5.41, 5.74) is 21.5. The van der Waals surface area contributed by atoms with Gasteiger partial charge in [-0.3, -0.25) is 0 Å². The Morgan fingerprint density at radius 3 is 0.797 bits per heavy atom. The zero-order valence-electron chi connectivity index (χ0n) is 36.2. The van der Waals surface area contributed by atoms with Crippen molar-refractivity contribution < 1.29 is 8.83 Å². The molecule has 0 aliphatic heterocycles. The Morgan fingerprint density at radius 2 is 0.562 bits per heavy atom. The number of terminal acetylenes is 2. The van der Waals surface area contributed by atoms with Crippen molar-refractivity contribution >= 4 is 40.5 Å². The molecule has 0 saturated carbocycles. The highest BCUT2D eigenvalue weighted by molar-refractivity contribution is 6.88. The van der Waals surface area contributed by atoms with Crippen molar-refractivity contribution in [2.24, 2.45) is 0 Å². The van der Waals surface area contributed by atoms with Gasteiger partial charge in [0.25, 0.3) is 0 Å². The van der Waals surface area contributed by atoms with Crippen LogP contribution in [0, 0.1) is 24.7 Å². The Morgan fingerprint density at radius 1 is 0.344 bits per heavy atom. The molecule has 0 N–H and O–H groups in total. The molecule has 0 bridgehead atoms. The lowest BCUT2D eigenvalue weighted by molar-refractivity contribution is 0.584. The van der Waals surface area contributed by atoms with Gasteiger partial charge in [-0.1, -0.05) is 158 Å². The van der Waals surface area contributed by atoms with Gasteiger partial charge in [-0.2, -0.15) is 0 Å². The van der Waals surface area contributed by atoms with Crippen molar-refractivity contribution in [1.82, 2.24) is 20.4 Å². The Labute approximate surface area is 377 Å². The third-order valence-electron chi connectivity index (χ3n) is 10.7. The summed E-state index contributed by atoms with van der Waals surface area (Å²) in [7, 11) is -3.55. The highest BCUT2D eigenvalue weighted by atomic mass is 28.3. The van der Waals surface area contributed by atoms with Crippen LogP contribution in [0.2, 0.25) is 26.2 Å². The zero-order chi connectivity index (χ0) is 44.5. The molecular weight excluding hydrogens is 817 g/mol. The number of rotatable bonds is 13. The predicted molar refractivity (Wildman–Crippen MR) is 269 cm³/mol. The molecule has 8 aromatic rings. The standard InChI is InChI=1S/C56H46N4O2Si2/c1-7-41-9-25-49(26-10-41)53-57-59-55(61-53)51-29-17-45(18-30-51)35-39-63(3,4)37-33-43-13-21-47(22-14-43)48-23-15-44(16-24-48)34-38-64(5,6)40-36-46-19-31-52(32-20-46)56-60-58-54(62-56)50-27-11-42(8-2)12-28-50/h1-2,9-40H,3-6H3/b37-33+,38-34+,39-35+,40-36+. The average molecular weight is 863 g/mol. The van der Waals surface area contributed by atoms with E-state index in [9.17, 15) is 0 Å². The summed E-state index contributed by atoms with van der Waals surface area (Å²) >= 11 is 0. The van der Waals surface area contributed by atoms with Gasteiger partial charge in [-0.15, -0.1) is 33.2 Å². The lowest BCUT2D eigenvalue weighted by Crippen LogP contribution is -2.18. The Bertz CT molecular complexity index is 2850. The van der Waals surface area contributed by atoms with Crippen molar-refractivity contribution in [3.8, 4) is 81.6 Å². The predicted octanol–water partition coefficient (Wildman–Crippen LogP) is 13.8. The summed E-state index contributed by atoms with van der Waals surface area (Å²) in [6.45, 7) is 9.36. The van der Waals surface area contributed by atoms with Crippen LogP contribution in [0.25, 0.3) is 81.2 Å². The molecule has 0 saturated heterocycles. The molecule has 0 fully saturated rings. The number of aromatic nitrogens is 4. The van der Waals surface area contributed by atoms with Crippen LogP contribution in [0.5, 0.6) is 0 Å². The maximum absolute atomic E-state index is 5.95. The van der Waals surface area contributed by atoms with Gasteiger partial charge in [0.05, 0.1) is 16.1 Å². The zero-order valence-corrected chi connectivity index (χ0v) is 38.2. The van der Waals surface area contributed by atoms with E-state index in [1.807, 2.05) is 72.8 Å². The number of benzene rings is 6. The topological polar surface area (TPSA) is 77.8 Å². The summed E-state index contributed by atoms with van der Waals surface area (Å²) in [6.07, 6.45) is 19.8. The van der Waals surface area contributed by atoms with Gasteiger partial charge < -0.3 is 8.83 Å². The summed E-state index contributed by atoms with van der Waals surface area (Å²) in [5.74, 6) is 7.13. The van der Waals surface area contributed by atoms with Crippen LogP contribution >= 0.6 is 0 Å². The minimum Gasteiger partial charge on any atom is -0.416 e. The first kappa shape index (κ1) is 42.8. The van der Waals surface area contributed by atoms with Gasteiger partial charge in [-0.05, 0) is 106 Å². The molecule has 6 nitrogen and oxygen atoms in total. The molecule has 0 unspecified atom stereocenters. The van der Waals surface area contributed by atoms with Crippen LogP contribution in [0.1, 0.15) is 33.4 Å². The van der Waals surface area contributed by atoms with E-state index in [-0.39, 0.29) is 0 Å². The van der Waals surface area contributed by atoms with Crippen LogP contribution < -0.4 is 0 Å². The van der Waals surface area contributed by atoms with Crippen LogP contribution in [0.4, 0.5) is 0 Å². The molecule has 2 aromatic heterocycles. The maximum atomic E-state index is 5.95. The molecule has 8 rings (SSSR count). The SMILES string of the molecule is C#Cc1ccc(-c2nnc(-c3ccc(/C=C/[Si](C)(C)/C=C/c4ccc(-c5ccc(/C=C/[Si](C)(C)/C=C/c6ccc(-c7nnc(-c8ccc(C#C)cc8)o7)cc6)cc5)cc4)cc3)o2)cc1. The molecule has 310 valence electrons. The van der Waals surface area contributed by atoms with Gasteiger partial charge in [0.1, 0.15) is 0 Å². The molecule has 8 heteroatoms. The van der Waals surface area contributed by atoms with Gasteiger partial charge in [0.2, 0.25) is 23.6 Å². The largest absolute Gasteiger partial charge is 0.416 e. The van der Waals surface area contributed by atoms with E-state index in [0.29, 0.717) is 23.6 Å². The highest BCUT2D eigenvalue weighted by Crippen LogP contribution is 2.28. The minimum absolute atomic E-state index is 0.463. The molecule has 0 aliphatic carbocycles. The van der Waals surface area contributed by atoms with E-state index in [1.165, 1.54) is 22.3 Å². The first-order valence-electron chi connectivity index (χ1n) is 21.0. The molecule has 2 heterocycles. The Hall–Kier alpha value is -7.89. The fraction of sp³-hybridized carbons (Fsp3) is 0.0714. The average Bonchev–Trinajstić information content (AvgIpc) is 4.04. The number of hydrogen-bond acceptors (Lipinski definition) is 6. The van der Waals surface area contributed by atoms with Crippen LogP contribution in [-0.4, -0.2) is 36.5 Å². The molecule has 64 heavy (non-hydrogen) atoms. The lowest BCUT2D eigenvalue weighted by Gasteiger charge is -2.12. The van der Waals surface area contributed by atoms with E-state index in [2.05, 4.69) is 178 Å². The summed E-state index contributed by atoms with van der Waals surface area (Å²) in [5, 5.41) is 17.0. The van der Waals surface area contributed by atoms with Crippen molar-refractivity contribution in [2.75, 3.05) is 0 Å². The quantitative estimate of drug-likeness (QED) is 0.0849. The summed E-state index contributed by atoms with van der Waals surface area (Å²) in [6, 6.07) is 48.9. The van der Waals surface area contributed by atoms with Crippen LogP contribution in [0.3, 0.4) is 0 Å². The van der Waals surface area contributed by atoms with Gasteiger partial charge in [0, 0.05) is 33.4 Å². The van der Waals surface area contributed by atoms with E-state index >= 15 is 0 Å². The molecule has 0 aliphatic rings. The first-order chi connectivity index (χ1) is 31.0. The van der Waals surface area contributed by atoms with E-state index in [0.717, 1.165) is 44.5 Å². The smallest absolute Gasteiger partial charge is 0.248 e. The number of nitrogens with zero attached hydrogens (tertiary/aromatic N) is 4. The maximum Gasteiger partial charge on any atom is 0.248 e. The first-order valence-corrected chi connectivity index (χ1v) is 27.3. The third-order valence-corrected chi connectivity index (χ3v) is 14.8. The monoisotopic (exact) mass is 862 g/mol. The van der Waals surface area contributed by atoms with Gasteiger partial charge >= 0.3 is 0 Å². The van der Waals surface area contributed by atoms with Gasteiger partial charge in [0.15, 0.2) is 0 Å². The van der Waals surface area contributed by atoms with Crippen molar-refractivity contribution in [1.29, 1.82) is 0 Å². The summed E-state index contributed by atoms with van der Waals surface area (Å²) < 4.78 is 11.9. The fourth-order valence-electron chi connectivity index (χ4n) is 6.73. The molecule has 0 atom stereocenters. The van der Waals surface area contributed by atoms with Crippen LogP contribution in [-0.2, 0) is 0 Å². The molecule has 0 radical (unpaired) electrons. The Kier molecular flexibility index (Phi) is 12.7. The lowest BCUT2D eigenvalue weighted by atomic mass is 10.0. The molecular formula is C56H46N4O2Si2. The normalized spacial score (nSPS) is 12.1. The van der Waals surface area contributed by atoms with Crippen LogP contribution in [0.15, 0.2) is 177 Å². The fourth-order valence-corrected chi connectivity index (χ4v) is 9.44. The minimum atomic E-state index is -1.77. The highest BCUT2D eigenvalue weighted by Gasteiger charge is 2.15. The van der Waals surface area contributed by atoms with E-state index in [1.54, 1.807) is 0 Å². The molecule has 0 spiro atoms.